The molecule has 0 bridgehead atoms. The van der Waals surface area contributed by atoms with Crippen molar-refractivity contribution >= 4 is 34.8 Å². The minimum absolute atomic E-state index is 0.0418. The highest BCUT2D eigenvalue weighted by Crippen LogP contribution is 2.45. The Morgan fingerprint density at radius 1 is 1.18 bits per heavy atom. The number of hydrogen-bond acceptors (Lipinski definition) is 1. The first-order chi connectivity index (χ1) is 10.3. The summed E-state index contributed by atoms with van der Waals surface area (Å²) < 4.78 is 40.6. The van der Waals surface area contributed by atoms with Crippen molar-refractivity contribution in [2.45, 2.75) is 23.9 Å². The molecule has 0 saturated carbocycles. The van der Waals surface area contributed by atoms with E-state index < -0.39 is 23.0 Å². The number of halogens is 6. The predicted molar refractivity (Wildman–Crippen MR) is 84.5 cm³/mol. The molecule has 0 amide bonds. The summed E-state index contributed by atoms with van der Waals surface area (Å²) in [5, 5.41) is -0.255. The highest BCUT2D eigenvalue weighted by Gasteiger charge is 2.40. The van der Waals surface area contributed by atoms with Crippen molar-refractivity contribution in [3.05, 3.63) is 57.1 Å². The zero-order chi connectivity index (χ0) is 16.5. The number of rotatable bonds is 3. The van der Waals surface area contributed by atoms with Crippen LogP contribution in [0.2, 0.25) is 0 Å². The fourth-order valence-corrected chi connectivity index (χ4v) is 3.79. The Bertz CT molecular complexity index is 623. The molecule has 0 aliphatic heterocycles. The van der Waals surface area contributed by atoms with Crippen LogP contribution in [0.1, 0.15) is 22.6 Å². The summed E-state index contributed by atoms with van der Waals surface area (Å²) in [6, 6.07) is 4.38. The van der Waals surface area contributed by atoms with Crippen molar-refractivity contribution in [2.24, 2.45) is 5.73 Å². The average molecular weight is 371 g/mol. The van der Waals surface area contributed by atoms with E-state index in [9.17, 15) is 13.2 Å². The monoisotopic (exact) mass is 369 g/mol. The van der Waals surface area contributed by atoms with Gasteiger partial charge in [-0.15, -0.1) is 11.6 Å². The molecule has 1 aliphatic rings. The van der Waals surface area contributed by atoms with E-state index in [4.69, 9.17) is 40.5 Å². The molecule has 2 unspecified atom stereocenters. The van der Waals surface area contributed by atoms with Gasteiger partial charge in [0.1, 0.15) is 0 Å². The molecule has 1 aromatic carbocycles. The molecule has 22 heavy (non-hydrogen) atoms. The van der Waals surface area contributed by atoms with Gasteiger partial charge >= 0.3 is 6.18 Å². The van der Waals surface area contributed by atoms with E-state index in [1.165, 1.54) is 24.3 Å². The Balaban J connectivity index is 2.61. The van der Waals surface area contributed by atoms with Crippen LogP contribution in [-0.2, 0) is 12.6 Å². The Kier molecular flexibility index (Phi) is 5.49. The van der Waals surface area contributed by atoms with Crippen LogP contribution in [-0.4, -0.2) is 11.9 Å². The third-order valence-electron chi connectivity index (χ3n) is 3.42. The SMILES string of the molecule is NCCc1cccc(C2C(Cl)=CC(Cl)=CC2Cl)c1C(F)(F)F. The van der Waals surface area contributed by atoms with Gasteiger partial charge in [-0.25, -0.2) is 0 Å². The highest BCUT2D eigenvalue weighted by molar-refractivity contribution is 6.37. The van der Waals surface area contributed by atoms with Gasteiger partial charge in [0.15, 0.2) is 0 Å². The molecule has 0 heterocycles. The molecule has 2 N–H and O–H groups in total. The van der Waals surface area contributed by atoms with Gasteiger partial charge in [-0.3, -0.25) is 0 Å². The molecule has 7 heteroatoms. The van der Waals surface area contributed by atoms with Crippen molar-refractivity contribution in [1.29, 1.82) is 0 Å². The number of nitrogens with two attached hydrogens (primary N) is 1. The molecule has 2 atom stereocenters. The van der Waals surface area contributed by atoms with Crippen LogP contribution in [0.3, 0.4) is 0 Å². The van der Waals surface area contributed by atoms with Gasteiger partial charge < -0.3 is 5.73 Å². The fraction of sp³-hybridized carbons (Fsp3) is 0.333. The number of alkyl halides is 4. The van der Waals surface area contributed by atoms with Crippen molar-refractivity contribution in [2.75, 3.05) is 6.54 Å². The second kappa shape index (κ2) is 6.83. The van der Waals surface area contributed by atoms with Crippen LogP contribution in [0, 0.1) is 0 Å². The standard InChI is InChI=1S/C15H13Cl3F3N/c16-9-6-11(17)13(12(18)7-9)10-3-1-2-8(4-5-22)14(10)15(19,20)21/h1-3,6-7,11,13H,4-5,22H2. The van der Waals surface area contributed by atoms with Gasteiger partial charge in [-0.05, 0) is 36.2 Å². The van der Waals surface area contributed by atoms with E-state index in [-0.39, 0.29) is 29.1 Å². The molecule has 1 nitrogen and oxygen atoms in total. The lowest BCUT2D eigenvalue weighted by Crippen LogP contribution is -2.22. The van der Waals surface area contributed by atoms with Crippen LogP contribution in [0.4, 0.5) is 13.2 Å². The van der Waals surface area contributed by atoms with Crippen molar-refractivity contribution < 1.29 is 13.2 Å². The molecule has 0 spiro atoms. The van der Waals surface area contributed by atoms with Crippen LogP contribution in [0.5, 0.6) is 0 Å². The second-order valence-electron chi connectivity index (χ2n) is 4.92. The molecule has 1 aliphatic carbocycles. The van der Waals surface area contributed by atoms with Gasteiger partial charge in [0, 0.05) is 16.0 Å². The lowest BCUT2D eigenvalue weighted by atomic mass is 9.85. The largest absolute Gasteiger partial charge is 0.416 e. The van der Waals surface area contributed by atoms with Crippen molar-refractivity contribution in [3.8, 4) is 0 Å². The third-order valence-corrected chi connectivity index (χ3v) is 4.38. The topological polar surface area (TPSA) is 26.0 Å². The molecule has 120 valence electrons. The predicted octanol–water partition coefficient (Wildman–Crippen LogP) is 5.16. The van der Waals surface area contributed by atoms with Crippen LogP contribution in [0.15, 0.2) is 40.4 Å². The maximum Gasteiger partial charge on any atom is 0.416 e. The molecular formula is C15H13Cl3F3N. The van der Waals surface area contributed by atoms with Crippen LogP contribution in [0.25, 0.3) is 0 Å². The summed E-state index contributed by atoms with van der Waals surface area (Å²) in [6.07, 6.45) is -1.49. The van der Waals surface area contributed by atoms with Crippen molar-refractivity contribution in [1.82, 2.24) is 0 Å². The van der Waals surface area contributed by atoms with Gasteiger partial charge in [0.2, 0.25) is 0 Å². The molecular weight excluding hydrogens is 358 g/mol. The van der Waals surface area contributed by atoms with Crippen LogP contribution < -0.4 is 5.73 Å². The summed E-state index contributed by atoms with van der Waals surface area (Å²) in [4.78, 5) is 0. The van der Waals surface area contributed by atoms with Gasteiger partial charge in [0.25, 0.3) is 0 Å². The first kappa shape index (κ1) is 17.7. The minimum Gasteiger partial charge on any atom is -0.330 e. The van der Waals surface area contributed by atoms with E-state index >= 15 is 0 Å². The molecule has 2 rings (SSSR count). The lowest BCUT2D eigenvalue weighted by molar-refractivity contribution is -0.138. The zero-order valence-corrected chi connectivity index (χ0v) is 13.6. The molecule has 0 radical (unpaired) electrons. The van der Waals surface area contributed by atoms with E-state index in [1.54, 1.807) is 6.07 Å². The van der Waals surface area contributed by atoms with E-state index in [0.717, 1.165) is 0 Å². The van der Waals surface area contributed by atoms with Crippen LogP contribution >= 0.6 is 34.8 Å². The van der Waals surface area contributed by atoms with Crippen molar-refractivity contribution in [3.63, 3.8) is 0 Å². The number of allylic oxidation sites excluding steroid dienone is 4. The maximum absolute atomic E-state index is 13.5. The van der Waals surface area contributed by atoms with E-state index in [2.05, 4.69) is 0 Å². The van der Waals surface area contributed by atoms with E-state index in [1.807, 2.05) is 0 Å². The van der Waals surface area contributed by atoms with Gasteiger partial charge in [-0.2, -0.15) is 13.2 Å². The molecule has 1 aromatic rings. The average Bonchev–Trinajstić information content (AvgIpc) is 2.36. The third kappa shape index (κ3) is 3.62. The smallest absolute Gasteiger partial charge is 0.330 e. The second-order valence-corrected chi connectivity index (χ2v) is 6.30. The molecule has 0 saturated heterocycles. The number of hydrogen-bond donors (Lipinski definition) is 1. The first-order valence-electron chi connectivity index (χ1n) is 6.53. The molecule has 0 aromatic heterocycles. The maximum atomic E-state index is 13.5. The summed E-state index contributed by atoms with van der Waals surface area (Å²) in [5.41, 5.74) is 4.88. The van der Waals surface area contributed by atoms with E-state index in [0.29, 0.717) is 5.03 Å². The Labute approximate surface area is 141 Å². The Morgan fingerprint density at radius 3 is 2.41 bits per heavy atom. The minimum atomic E-state index is -4.51. The lowest BCUT2D eigenvalue weighted by Gasteiger charge is -2.27. The summed E-state index contributed by atoms with van der Waals surface area (Å²) in [7, 11) is 0. The molecule has 0 fully saturated rings. The fourth-order valence-electron chi connectivity index (χ4n) is 2.58. The first-order valence-corrected chi connectivity index (χ1v) is 7.72. The normalized spacial score (nSPS) is 22.3. The summed E-state index contributed by atoms with van der Waals surface area (Å²) in [5.74, 6) is -0.791. The zero-order valence-electron chi connectivity index (χ0n) is 11.3. The summed E-state index contributed by atoms with van der Waals surface area (Å²) in [6.45, 7) is 0.122. The quantitative estimate of drug-likeness (QED) is 0.731. The Hall–Kier alpha value is -0.680. The summed E-state index contributed by atoms with van der Waals surface area (Å²) >= 11 is 18.1. The van der Waals surface area contributed by atoms with Gasteiger partial charge in [-0.1, -0.05) is 41.4 Å². The number of benzene rings is 1. The van der Waals surface area contributed by atoms with Gasteiger partial charge in [0.05, 0.1) is 10.9 Å². The Morgan fingerprint density at radius 2 is 1.86 bits per heavy atom. The highest BCUT2D eigenvalue weighted by atomic mass is 35.5.